The first kappa shape index (κ1) is 12.6. The lowest BCUT2D eigenvalue weighted by Crippen LogP contribution is -1.88. The third kappa shape index (κ3) is 2.89. The van der Waals surface area contributed by atoms with Crippen LogP contribution in [0.5, 0.6) is 11.5 Å². The van der Waals surface area contributed by atoms with Gasteiger partial charge in [0.1, 0.15) is 17.6 Å². The molecule has 18 heavy (non-hydrogen) atoms. The Morgan fingerprint density at radius 3 is 2.61 bits per heavy atom. The predicted molar refractivity (Wildman–Crippen MR) is 71.3 cm³/mol. The highest BCUT2D eigenvalue weighted by Gasteiger charge is 2.03. The van der Waals surface area contributed by atoms with Crippen LogP contribution in [0.2, 0.25) is 0 Å². The highest BCUT2D eigenvalue weighted by molar-refractivity contribution is 9.10. The summed E-state index contributed by atoms with van der Waals surface area (Å²) < 4.78 is 6.35. The number of nitrogens with zero attached hydrogens (tertiary/aromatic N) is 1. The molecular weight excluding hydrogens is 294 g/mol. The van der Waals surface area contributed by atoms with E-state index in [1.165, 1.54) is 0 Å². The van der Waals surface area contributed by atoms with Crippen molar-refractivity contribution in [2.24, 2.45) is 0 Å². The molecule has 2 rings (SSSR count). The molecular formula is C14H10BrNO2. The lowest BCUT2D eigenvalue weighted by Gasteiger charge is -2.07. The predicted octanol–water partition coefficient (Wildman–Crippen LogP) is 3.61. The summed E-state index contributed by atoms with van der Waals surface area (Å²) >= 11 is 3.31. The van der Waals surface area contributed by atoms with Gasteiger partial charge in [0.25, 0.3) is 0 Å². The molecule has 0 fully saturated rings. The highest BCUT2D eigenvalue weighted by Crippen LogP contribution is 2.27. The molecule has 2 aromatic rings. The zero-order valence-corrected chi connectivity index (χ0v) is 11.0. The Kier molecular flexibility index (Phi) is 3.98. The minimum Gasteiger partial charge on any atom is -0.457 e. The average Bonchev–Trinajstić information content (AvgIpc) is 2.39. The first-order chi connectivity index (χ1) is 8.72. The van der Waals surface area contributed by atoms with Gasteiger partial charge >= 0.3 is 0 Å². The van der Waals surface area contributed by atoms with Crippen LogP contribution in [-0.2, 0) is 6.61 Å². The van der Waals surface area contributed by atoms with E-state index in [-0.39, 0.29) is 6.61 Å². The van der Waals surface area contributed by atoms with E-state index in [4.69, 9.17) is 15.1 Å². The number of benzene rings is 2. The highest BCUT2D eigenvalue weighted by atomic mass is 79.9. The first-order valence-corrected chi connectivity index (χ1v) is 6.09. The molecule has 0 heterocycles. The van der Waals surface area contributed by atoms with Crippen molar-refractivity contribution in [2.75, 3.05) is 0 Å². The van der Waals surface area contributed by atoms with Gasteiger partial charge in [-0.1, -0.05) is 12.1 Å². The molecule has 0 atom stereocenters. The van der Waals surface area contributed by atoms with Gasteiger partial charge in [-0.2, -0.15) is 5.26 Å². The van der Waals surface area contributed by atoms with Crippen molar-refractivity contribution in [1.82, 2.24) is 0 Å². The van der Waals surface area contributed by atoms with Gasteiger partial charge in [0, 0.05) is 4.47 Å². The van der Waals surface area contributed by atoms with Gasteiger partial charge in [-0.15, -0.1) is 0 Å². The molecule has 0 aliphatic carbocycles. The normalized spacial score (nSPS) is 9.83. The summed E-state index contributed by atoms with van der Waals surface area (Å²) in [6, 6.07) is 14.5. The standard InChI is InChI=1S/C14H10BrNO2/c15-14-7-13(5-4-11(14)8-16)18-12-3-1-2-10(6-12)9-17/h1-7,17H,9H2. The molecule has 0 aliphatic rings. The van der Waals surface area contributed by atoms with Crippen LogP contribution in [0.4, 0.5) is 0 Å². The van der Waals surface area contributed by atoms with Crippen molar-refractivity contribution >= 4 is 15.9 Å². The number of hydrogen-bond acceptors (Lipinski definition) is 3. The third-order valence-corrected chi connectivity index (χ3v) is 3.03. The molecule has 0 amide bonds. The zero-order valence-electron chi connectivity index (χ0n) is 9.43. The summed E-state index contributed by atoms with van der Waals surface area (Å²) in [6.07, 6.45) is 0. The number of aliphatic hydroxyl groups is 1. The van der Waals surface area contributed by atoms with E-state index >= 15 is 0 Å². The summed E-state index contributed by atoms with van der Waals surface area (Å²) in [5, 5.41) is 17.9. The molecule has 0 spiro atoms. The van der Waals surface area contributed by atoms with E-state index in [0.29, 0.717) is 21.5 Å². The number of hydrogen-bond donors (Lipinski definition) is 1. The van der Waals surface area contributed by atoms with Gasteiger partial charge in [0.15, 0.2) is 0 Å². The molecule has 0 saturated carbocycles. The number of halogens is 1. The molecule has 2 aromatic carbocycles. The van der Waals surface area contributed by atoms with Gasteiger partial charge in [-0.25, -0.2) is 0 Å². The number of nitriles is 1. The second-order valence-electron chi connectivity index (χ2n) is 3.66. The Bertz CT molecular complexity index is 605. The summed E-state index contributed by atoms with van der Waals surface area (Å²) in [4.78, 5) is 0. The van der Waals surface area contributed by atoms with Crippen LogP contribution in [-0.4, -0.2) is 5.11 Å². The molecule has 0 unspecified atom stereocenters. The van der Waals surface area contributed by atoms with E-state index in [9.17, 15) is 0 Å². The summed E-state index contributed by atoms with van der Waals surface area (Å²) in [5.41, 5.74) is 1.35. The van der Waals surface area contributed by atoms with Crippen LogP contribution in [0.1, 0.15) is 11.1 Å². The maximum atomic E-state index is 9.04. The van der Waals surface area contributed by atoms with Crippen molar-refractivity contribution in [3.05, 3.63) is 58.1 Å². The van der Waals surface area contributed by atoms with E-state index in [1.807, 2.05) is 18.2 Å². The minimum absolute atomic E-state index is 0.0196. The number of ether oxygens (including phenoxy) is 1. The summed E-state index contributed by atoms with van der Waals surface area (Å²) in [6.45, 7) is -0.0196. The number of rotatable bonds is 3. The molecule has 0 bridgehead atoms. The van der Waals surface area contributed by atoms with E-state index in [2.05, 4.69) is 22.0 Å². The Balaban J connectivity index is 2.23. The van der Waals surface area contributed by atoms with Crippen molar-refractivity contribution < 1.29 is 9.84 Å². The SMILES string of the molecule is N#Cc1ccc(Oc2cccc(CO)c2)cc1Br. The molecule has 0 aromatic heterocycles. The van der Waals surface area contributed by atoms with Gasteiger partial charge in [-0.05, 0) is 51.8 Å². The maximum Gasteiger partial charge on any atom is 0.128 e. The molecule has 90 valence electrons. The van der Waals surface area contributed by atoms with Crippen LogP contribution in [0, 0.1) is 11.3 Å². The Labute approximate surface area is 113 Å². The van der Waals surface area contributed by atoms with E-state index in [1.54, 1.807) is 24.3 Å². The first-order valence-electron chi connectivity index (χ1n) is 5.30. The van der Waals surface area contributed by atoms with Gasteiger partial charge in [0.2, 0.25) is 0 Å². The van der Waals surface area contributed by atoms with Crippen molar-refractivity contribution in [3.8, 4) is 17.6 Å². The quantitative estimate of drug-likeness (QED) is 0.942. The monoisotopic (exact) mass is 303 g/mol. The lowest BCUT2D eigenvalue weighted by atomic mass is 10.2. The summed E-state index contributed by atoms with van der Waals surface area (Å²) in [5.74, 6) is 1.29. The van der Waals surface area contributed by atoms with Crippen LogP contribution >= 0.6 is 15.9 Å². The van der Waals surface area contributed by atoms with Crippen LogP contribution in [0.15, 0.2) is 46.9 Å². The molecule has 0 radical (unpaired) electrons. The Hall–Kier alpha value is -1.83. The second-order valence-corrected chi connectivity index (χ2v) is 4.52. The minimum atomic E-state index is -0.0196. The van der Waals surface area contributed by atoms with Crippen molar-refractivity contribution in [3.63, 3.8) is 0 Å². The molecule has 1 N–H and O–H groups in total. The van der Waals surface area contributed by atoms with E-state index in [0.717, 1.165) is 5.56 Å². The Morgan fingerprint density at radius 2 is 1.94 bits per heavy atom. The second kappa shape index (κ2) is 5.67. The maximum absolute atomic E-state index is 9.04. The zero-order chi connectivity index (χ0) is 13.0. The van der Waals surface area contributed by atoms with Crippen molar-refractivity contribution in [2.45, 2.75) is 6.61 Å². The molecule has 4 heteroatoms. The third-order valence-electron chi connectivity index (χ3n) is 2.38. The molecule has 3 nitrogen and oxygen atoms in total. The topological polar surface area (TPSA) is 53.2 Å². The van der Waals surface area contributed by atoms with Crippen LogP contribution < -0.4 is 4.74 Å². The lowest BCUT2D eigenvalue weighted by molar-refractivity contribution is 0.281. The van der Waals surface area contributed by atoms with Crippen LogP contribution in [0.3, 0.4) is 0 Å². The Morgan fingerprint density at radius 1 is 1.17 bits per heavy atom. The van der Waals surface area contributed by atoms with Crippen LogP contribution in [0.25, 0.3) is 0 Å². The fourth-order valence-corrected chi connectivity index (χ4v) is 1.94. The van der Waals surface area contributed by atoms with Gasteiger partial charge < -0.3 is 9.84 Å². The molecule has 0 saturated heterocycles. The smallest absolute Gasteiger partial charge is 0.128 e. The molecule has 0 aliphatic heterocycles. The van der Waals surface area contributed by atoms with E-state index < -0.39 is 0 Å². The fraction of sp³-hybridized carbons (Fsp3) is 0.0714. The van der Waals surface area contributed by atoms with Gasteiger partial charge in [0.05, 0.1) is 12.2 Å². The van der Waals surface area contributed by atoms with Crippen molar-refractivity contribution in [1.29, 1.82) is 5.26 Å². The largest absolute Gasteiger partial charge is 0.457 e. The number of aliphatic hydroxyl groups excluding tert-OH is 1. The van der Waals surface area contributed by atoms with Gasteiger partial charge in [-0.3, -0.25) is 0 Å². The average molecular weight is 304 g/mol. The summed E-state index contributed by atoms with van der Waals surface area (Å²) in [7, 11) is 0. The fourth-order valence-electron chi connectivity index (χ4n) is 1.49.